The predicted molar refractivity (Wildman–Crippen MR) is 116 cm³/mol. The van der Waals surface area contributed by atoms with E-state index >= 15 is 0 Å². The van der Waals surface area contributed by atoms with Crippen molar-refractivity contribution in [3.8, 4) is 5.69 Å². The molecule has 0 atom stereocenters. The number of nitrogens with one attached hydrogen (secondary N) is 1. The van der Waals surface area contributed by atoms with Crippen LogP contribution in [0.5, 0.6) is 0 Å². The van der Waals surface area contributed by atoms with Crippen LogP contribution < -0.4 is 5.32 Å². The van der Waals surface area contributed by atoms with Crippen LogP contribution in [0.2, 0.25) is 0 Å². The lowest BCUT2D eigenvalue weighted by molar-refractivity contribution is -0.118. The summed E-state index contributed by atoms with van der Waals surface area (Å²) in [5, 5.41) is 12.0. The fraction of sp³-hybridized carbons (Fsp3) is 0.263. The fourth-order valence-electron chi connectivity index (χ4n) is 2.60. The lowest BCUT2D eigenvalue weighted by Gasteiger charge is -2.11. The van der Waals surface area contributed by atoms with E-state index < -0.39 is 0 Å². The van der Waals surface area contributed by atoms with Crippen LogP contribution in [0.15, 0.2) is 45.3 Å². The zero-order chi connectivity index (χ0) is 20.1. The number of aryl methyl sites for hydroxylation is 1. The Morgan fingerprint density at radius 3 is 2.75 bits per heavy atom. The second-order valence-electron chi connectivity index (χ2n) is 6.12. The highest BCUT2D eigenvalue weighted by Gasteiger charge is 2.17. The molecule has 0 saturated carbocycles. The first-order valence-electron chi connectivity index (χ1n) is 8.61. The molecular formula is C19H19BrN4O2S2. The molecule has 0 radical (unpaired) electrons. The Morgan fingerprint density at radius 2 is 2.07 bits per heavy atom. The Hall–Kier alpha value is -1.97. The summed E-state index contributed by atoms with van der Waals surface area (Å²) in [6, 6.07) is 11.7. The molecule has 3 aromatic rings. The summed E-state index contributed by atoms with van der Waals surface area (Å²) >= 11 is 6.17. The molecule has 2 aromatic heterocycles. The van der Waals surface area contributed by atoms with Gasteiger partial charge in [-0.2, -0.15) is 0 Å². The fourth-order valence-corrected chi connectivity index (χ4v) is 4.87. The van der Waals surface area contributed by atoms with Gasteiger partial charge < -0.3 is 5.32 Å². The van der Waals surface area contributed by atoms with Crippen LogP contribution >= 0.6 is 39.0 Å². The zero-order valence-electron chi connectivity index (χ0n) is 15.4. The van der Waals surface area contributed by atoms with Gasteiger partial charge in [0.15, 0.2) is 10.9 Å². The molecule has 0 bridgehead atoms. The molecule has 2 heterocycles. The van der Waals surface area contributed by atoms with Crippen molar-refractivity contribution in [1.29, 1.82) is 0 Å². The van der Waals surface area contributed by atoms with Crippen molar-refractivity contribution in [3.63, 3.8) is 0 Å². The van der Waals surface area contributed by atoms with Crippen LogP contribution in [0, 0.1) is 6.92 Å². The zero-order valence-corrected chi connectivity index (χ0v) is 18.7. The molecule has 0 saturated heterocycles. The number of carbonyl (C=O) groups excluding carboxylic acids is 2. The smallest absolute Gasteiger partial charge is 0.216 e. The summed E-state index contributed by atoms with van der Waals surface area (Å²) in [5.41, 5.74) is 2.06. The number of nitrogens with zero attached hydrogens (tertiary/aromatic N) is 3. The normalized spacial score (nSPS) is 10.8. The molecule has 9 heteroatoms. The van der Waals surface area contributed by atoms with Crippen molar-refractivity contribution in [1.82, 2.24) is 20.1 Å². The van der Waals surface area contributed by atoms with Crippen molar-refractivity contribution < 1.29 is 9.59 Å². The third-order valence-electron chi connectivity index (χ3n) is 3.86. The Morgan fingerprint density at radius 1 is 1.25 bits per heavy atom. The van der Waals surface area contributed by atoms with E-state index in [1.165, 1.54) is 30.0 Å². The van der Waals surface area contributed by atoms with Crippen molar-refractivity contribution in [2.45, 2.75) is 25.4 Å². The van der Waals surface area contributed by atoms with E-state index in [1.807, 2.05) is 47.9 Å². The third kappa shape index (κ3) is 5.30. The van der Waals surface area contributed by atoms with Gasteiger partial charge in [0, 0.05) is 25.6 Å². The number of ketones is 1. The van der Waals surface area contributed by atoms with Crippen LogP contribution in [0.25, 0.3) is 5.69 Å². The minimum Gasteiger partial charge on any atom is -0.356 e. The van der Waals surface area contributed by atoms with Gasteiger partial charge in [0.1, 0.15) is 5.82 Å². The Bertz CT molecular complexity index is 999. The predicted octanol–water partition coefficient (Wildman–Crippen LogP) is 4.05. The Kier molecular flexibility index (Phi) is 7.03. The average molecular weight is 479 g/mol. The molecule has 0 aliphatic rings. The van der Waals surface area contributed by atoms with Gasteiger partial charge in [-0.05, 0) is 52.7 Å². The minimum atomic E-state index is -0.0797. The summed E-state index contributed by atoms with van der Waals surface area (Å²) < 4.78 is 2.89. The van der Waals surface area contributed by atoms with Gasteiger partial charge in [-0.3, -0.25) is 14.2 Å². The van der Waals surface area contributed by atoms with Crippen LogP contribution in [0.3, 0.4) is 0 Å². The van der Waals surface area contributed by atoms with Crippen LogP contribution in [0.4, 0.5) is 0 Å². The molecule has 28 heavy (non-hydrogen) atoms. The molecule has 1 N–H and O–H groups in total. The minimum absolute atomic E-state index is 0.0549. The number of Topliss-reactive ketones (excluding diaryl/α,β-unsaturated/α-hetero) is 1. The molecule has 1 amide bonds. The molecule has 0 aliphatic heterocycles. The number of carbonyl (C=O) groups is 2. The van der Waals surface area contributed by atoms with Gasteiger partial charge in [0.05, 0.1) is 14.4 Å². The largest absolute Gasteiger partial charge is 0.356 e. The van der Waals surface area contributed by atoms with E-state index in [0.717, 1.165) is 20.9 Å². The molecule has 146 valence electrons. The van der Waals surface area contributed by atoms with Crippen molar-refractivity contribution >= 4 is 50.7 Å². The molecule has 0 fully saturated rings. The number of benzene rings is 1. The number of aromatic nitrogens is 3. The lowest BCUT2D eigenvalue weighted by atomic mass is 10.2. The molecule has 3 rings (SSSR count). The topological polar surface area (TPSA) is 76.9 Å². The van der Waals surface area contributed by atoms with E-state index in [2.05, 4.69) is 31.4 Å². The number of rotatable bonds is 8. The van der Waals surface area contributed by atoms with Gasteiger partial charge in [-0.15, -0.1) is 21.5 Å². The van der Waals surface area contributed by atoms with E-state index in [-0.39, 0.29) is 17.4 Å². The molecular weight excluding hydrogens is 460 g/mol. The van der Waals surface area contributed by atoms with Gasteiger partial charge in [0.25, 0.3) is 0 Å². The number of halogens is 1. The molecule has 0 spiro atoms. The maximum absolute atomic E-state index is 12.5. The second kappa shape index (κ2) is 9.49. The third-order valence-corrected chi connectivity index (χ3v) is 6.46. The first-order valence-corrected chi connectivity index (χ1v) is 11.2. The molecule has 6 nitrogen and oxygen atoms in total. The number of amides is 1. The summed E-state index contributed by atoms with van der Waals surface area (Å²) in [6.07, 6.45) is 0.549. The van der Waals surface area contributed by atoms with Gasteiger partial charge in [-0.1, -0.05) is 23.9 Å². The number of thiophene rings is 1. The lowest BCUT2D eigenvalue weighted by Crippen LogP contribution is -2.23. The van der Waals surface area contributed by atoms with E-state index in [1.54, 1.807) is 0 Å². The maximum Gasteiger partial charge on any atom is 0.216 e. The molecule has 1 aromatic carbocycles. The van der Waals surface area contributed by atoms with Crippen molar-refractivity contribution in [2.24, 2.45) is 0 Å². The Balaban J connectivity index is 1.82. The summed E-state index contributed by atoms with van der Waals surface area (Å²) in [5.74, 6) is 0.999. The monoisotopic (exact) mass is 478 g/mol. The van der Waals surface area contributed by atoms with Crippen molar-refractivity contribution in [2.75, 3.05) is 12.3 Å². The van der Waals surface area contributed by atoms with E-state index in [0.29, 0.717) is 23.0 Å². The van der Waals surface area contributed by atoms with Crippen LogP contribution in [0.1, 0.15) is 28.0 Å². The van der Waals surface area contributed by atoms with E-state index in [9.17, 15) is 9.59 Å². The van der Waals surface area contributed by atoms with Gasteiger partial charge in [-0.25, -0.2) is 0 Å². The molecule has 0 aliphatic carbocycles. The summed E-state index contributed by atoms with van der Waals surface area (Å²) in [7, 11) is 0. The Labute approximate surface area is 179 Å². The van der Waals surface area contributed by atoms with Gasteiger partial charge >= 0.3 is 0 Å². The number of hydrogen-bond donors (Lipinski definition) is 1. The SMILES string of the molecule is CC(=O)NCCc1nnc(SCC(=O)c2ccc(Br)s2)n1-c1cccc(C)c1. The summed E-state index contributed by atoms with van der Waals surface area (Å²) in [6.45, 7) is 3.99. The maximum atomic E-state index is 12.5. The highest BCUT2D eigenvalue weighted by molar-refractivity contribution is 9.11. The van der Waals surface area contributed by atoms with Gasteiger partial charge in [0.2, 0.25) is 5.91 Å². The number of thioether (sulfide) groups is 1. The quantitative estimate of drug-likeness (QED) is 0.390. The van der Waals surface area contributed by atoms with Crippen molar-refractivity contribution in [3.05, 3.63) is 56.4 Å². The first-order chi connectivity index (χ1) is 13.4. The van der Waals surface area contributed by atoms with Crippen LogP contribution in [-0.4, -0.2) is 38.8 Å². The number of hydrogen-bond acceptors (Lipinski definition) is 6. The highest BCUT2D eigenvalue weighted by atomic mass is 79.9. The summed E-state index contributed by atoms with van der Waals surface area (Å²) in [4.78, 5) is 24.3. The highest BCUT2D eigenvalue weighted by Crippen LogP contribution is 2.27. The first kappa shape index (κ1) is 20.8. The molecule has 0 unspecified atom stereocenters. The van der Waals surface area contributed by atoms with E-state index in [4.69, 9.17) is 0 Å². The van der Waals surface area contributed by atoms with Crippen LogP contribution in [-0.2, 0) is 11.2 Å². The average Bonchev–Trinajstić information content (AvgIpc) is 3.26. The standard InChI is InChI=1S/C19H19BrN4O2S2/c1-12-4-3-5-14(10-12)24-18(8-9-21-13(2)25)22-23-19(24)27-11-15(26)16-6-7-17(20)28-16/h3-7,10H,8-9,11H2,1-2H3,(H,21,25). The second-order valence-corrected chi connectivity index (χ2v) is 9.53.